The van der Waals surface area contributed by atoms with E-state index in [-0.39, 0.29) is 11.9 Å². The number of carbonyl (C=O) groups excluding carboxylic acids is 1. The van der Waals surface area contributed by atoms with E-state index in [0.29, 0.717) is 19.4 Å². The third-order valence-electron chi connectivity index (χ3n) is 6.36. The number of rotatable bonds is 10. The molecular weight excluding hydrogens is 430 g/mol. The zero-order valence-electron chi connectivity index (χ0n) is 19.9. The van der Waals surface area contributed by atoms with Gasteiger partial charge in [0.2, 0.25) is 5.91 Å². The molecular formula is C27H33N3O4. The molecule has 0 radical (unpaired) electrons. The van der Waals surface area contributed by atoms with Gasteiger partial charge in [0.1, 0.15) is 17.3 Å². The predicted octanol–water partition coefficient (Wildman–Crippen LogP) is 3.91. The second-order valence-corrected chi connectivity index (χ2v) is 8.40. The Morgan fingerprint density at radius 1 is 0.941 bits per heavy atom. The third-order valence-corrected chi connectivity index (χ3v) is 6.36. The van der Waals surface area contributed by atoms with Crippen molar-refractivity contribution in [3.63, 3.8) is 0 Å². The van der Waals surface area contributed by atoms with Gasteiger partial charge in [-0.2, -0.15) is 0 Å². The summed E-state index contributed by atoms with van der Waals surface area (Å²) in [5.74, 6) is 2.61. The second kappa shape index (κ2) is 11.6. The third kappa shape index (κ3) is 6.11. The lowest BCUT2D eigenvalue weighted by Gasteiger charge is -2.39. The van der Waals surface area contributed by atoms with Crippen LogP contribution in [0.25, 0.3) is 0 Å². The van der Waals surface area contributed by atoms with Crippen LogP contribution in [-0.2, 0) is 11.2 Å². The van der Waals surface area contributed by atoms with Crippen LogP contribution in [0.4, 0.5) is 5.69 Å². The number of nitrogens with one attached hydrogen (secondary N) is 1. The quantitative estimate of drug-likeness (QED) is 0.492. The van der Waals surface area contributed by atoms with Crippen molar-refractivity contribution in [2.24, 2.45) is 0 Å². The van der Waals surface area contributed by atoms with E-state index < -0.39 is 0 Å². The van der Waals surface area contributed by atoms with Crippen LogP contribution in [0.2, 0.25) is 0 Å². The van der Waals surface area contributed by atoms with Crippen molar-refractivity contribution >= 4 is 11.6 Å². The minimum atomic E-state index is 0.0120. The molecule has 1 atom stereocenters. The van der Waals surface area contributed by atoms with Gasteiger partial charge in [0.05, 0.1) is 26.5 Å². The van der Waals surface area contributed by atoms with E-state index >= 15 is 0 Å². The molecule has 1 unspecified atom stereocenters. The largest absolute Gasteiger partial charge is 0.497 e. The van der Waals surface area contributed by atoms with Gasteiger partial charge in [0.15, 0.2) is 0 Å². The summed E-state index contributed by atoms with van der Waals surface area (Å²) in [5.41, 5.74) is 2.31. The molecule has 1 aromatic heterocycles. The number of benzene rings is 2. The molecule has 7 nitrogen and oxygen atoms in total. The summed E-state index contributed by atoms with van der Waals surface area (Å²) >= 11 is 0. The van der Waals surface area contributed by atoms with Gasteiger partial charge in [-0.25, -0.2) is 0 Å². The molecule has 3 aromatic rings. The van der Waals surface area contributed by atoms with Crippen LogP contribution < -0.4 is 19.7 Å². The zero-order chi connectivity index (χ0) is 23.8. The molecule has 1 amide bonds. The van der Waals surface area contributed by atoms with E-state index in [2.05, 4.69) is 27.2 Å². The van der Waals surface area contributed by atoms with Gasteiger partial charge >= 0.3 is 0 Å². The number of piperazine rings is 1. The standard InChI is InChI=1S/C27H33N3O4/c1-32-23-10-5-21(6-11-23)7-14-27(31)28-20-25(26-4-3-19-34-26)30-17-15-29(16-18-30)22-8-12-24(33-2)13-9-22/h3-6,8-13,19,25H,7,14-18,20H2,1-2H3,(H,28,31). The monoisotopic (exact) mass is 463 g/mol. The maximum Gasteiger partial charge on any atom is 0.220 e. The predicted molar refractivity (Wildman–Crippen MR) is 133 cm³/mol. The van der Waals surface area contributed by atoms with E-state index in [1.807, 2.05) is 48.5 Å². The lowest BCUT2D eigenvalue weighted by Crippen LogP contribution is -2.49. The molecule has 0 spiro atoms. The molecule has 4 rings (SSSR count). The number of anilines is 1. The van der Waals surface area contributed by atoms with Crippen molar-refractivity contribution in [3.8, 4) is 11.5 Å². The Kier molecular flexibility index (Phi) is 8.09. The number of nitrogens with zero attached hydrogens (tertiary/aromatic N) is 2. The highest BCUT2D eigenvalue weighted by atomic mass is 16.5. The highest BCUT2D eigenvalue weighted by Crippen LogP contribution is 2.25. The molecule has 0 aliphatic carbocycles. The summed E-state index contributed by atoms with van der Waals surface area (Å²) in [4.78, 5) is 17.4. The first kappa shape index (κ1) is 23.7. The average Bonchev–Trinajstić information content (AvgIpc) is 3.43. The molecule has 1 aliphatic heterocycles. The summed E-state index contributed by atoms with van der Waals surface area (Å²) < 4.78 is 16.2. The number of amides is 1. The maximum atomic E-state index is 12.6. The summed E-state index contributed by atoms with van der Waals surface area (Å²) in [6, 6.07) is 19.9. The van der Waals surface area contributed by atoms with Crippen LogP contribution in [0, 0.1) is 0 Å². The van der Waals surface area contributed by atoms with Crippen molar-refractivity contribution in [1.82, 2.24) is 10.2 Å². The van der Waals surface area contributed by atoms with Crippen molar-refractivity contribution in [3.05, 3.63) is 78.3 Å². The first-order valence-corrected chi connectivity index (χ1v) is 11.7. The Morgan fingerprint density at radius 2 is 1.59 bits per heavy atom. The van der Waals surface area contributed by atoms with Gasteiger partial charge in [-0.05, 0) is 60.5 Å². The van der Waals surface area contributed by atoms with Crippen LogP contribution in [0.15, 0.2) is 71.3 Å². The molecule has 2 heterocycles. The normalized spacial score (nSPS) is 15.1. The Labute approximate surface area is 201 Å². The topological polar surface area (TPSA) is 67.2 Å². The molecule has 7 heteroatoms. The molecule has 34 heavy (non-hydrogen) atoms. The molecule has 1 fully saturated rings. The molecule has 1 saturated heterocycles. The van der Waals surface area contributed by atoms with Crippen molar-refractivity contribution < 1.29 is 18.7 Å². The minimum absolute atomic E-state index is 0.0120. The molecule has 1 N–H and O–H groups in total. The Hall–Kier alpha value is -3.45. The molecule has 2 aromatic carbocycles. The number of methoxy groups -OCH3 is 2. The second-order valence-electron chi connectivity index (χ2n) is 8.40. The lowest BCUT2D eigenvalue weighted by molar-refractivity contribution is -0.121. The lowest BCUT2D eigenvalue weighted by atomic mass is 10.1. The number of hydrogen-bond donors (Lipinski definition) is 1. The van der Waals surface area contributed by atoms with Crippen molar-refractivity contribution in [2.75, 3.05) is 51.8 Å². The molecule has 180 valence electrons. The van der Waals surface area contributed by atoms with Crippen LogP contribution in [0.1, 0.15) is 23.8 Å². The number of carbonyl (C=O) groups is 1. The van der Waals surface area contributed by atoms with E-state index in [9.17, 15) is 4.79 Å². The van der Waals surface area contributed by atoms with Gasteiger partial charge in [0, 0.05) is 44.8 Å². The summed E-state index contributed by atoms with van der Waals surface area (Å²) in [7, 11) is 3.33. The van der Waals surface area contributed by atoms with Crippen molar-refractivity contribution in [1.29, 1.82) is 0 Å². The van der Waals surface area contributed by atoms with Crippen LogP contribution in [0.5, 0.6) is 11.5 Å². The Bertz CT molecular complexity index is 1010. The van der Waals surface area contributed by atoms with Gasteiger partial charge in [-0.1, -0.05) is 12.1 Å². The first-order chi connectivity index (χ1) is 16.7. The number of ether oxygens (including phenoxy) is 2. The van der Waals surface area contributed by atoms with Gasteiger partial charge in [-0.3, -0.25) is 9.69 Å². The number of furan rings is 1. The number of aryl methyl sites for hydroxylation is 1. The minimum Gasteiger partial charge on any atom is -0.497 e. The molecule has 1 aliphatic rings. The zero-order valence-corrected chi connectivity index (χ0v) is 19.9. The highest BCUT2D eigenvalue weighted by molar-refractivity contribution is 5.76. The van der Waals surface area contributed by atoms with Crippen molar-refractivity contribution in [2.45, 2.75) is 18.9 Å². The van der Waals surface area contributed by atoms with Gasteiger partial charge in [-0.15, -0.1) is 0 Å². The van der Waals surface area contributed by atoms with E-state index in [1.54, 1.807) is 20.5 Å². The summed E-state index contributed by atoms with van der Waals surface area (Å²) in [6.07, 6.45) is 2.84. The highest BCUT2D eigenvalue weighted by Gasteiger charge is 2.27. The van der Waals surface area contributed by atoms with E-state index in [0.717, 1.165) is 49.0 Å². The van der Waals surface area contributed by atoms with Gasteiger partial charge in [0.25, 0.3) is 0 Å². The smallest absolute Gasteiger partial charge is 0.220 e. The SMILES string of the molecule is COc1ccc(CCC(=O)NCC(c2ccco2)N2CCN(c3ccc(OC)cc3)CC2)cc1. The molecule has 0 saturated carbocycles. The number of hydrogen-bond acceptors (Lipinski definition) is 6. The van der Waals surface area contributed by atoms with E-state index in [4.69, 9.17) is 13.9 Å². The van der Waals surface area contributed by atoms with Crippen LogP contribution in [0.3, 0.4) is 0 Å². The van der Waals surface area contributed by atoms with Crippen LogP contribution in [-0.4, -0.2) is 57.8 Å². The fourth-order valence-corrected chi connectivity index (χ4v) is 4.32. The summed E-state index contributed by atoms with van der Waals surface area (Å²) in [6.45, 7) is 4.12. The fraction of sp³-hybridized carbons (Fsp3) is 0.370. The first-order valence-electron chi connectivity index (χ1n) is 11.7. The van der Waals surface area contributed by atoms with Gasteiger partial charge < -0.3 is 24.1 Å². The van der Waals surface area contributed by atoms with E-state index in [1.165, 1.54) is 5.69 Å². The fourth-order valence-electron chi connectivity index (χ4n) is 4.32. The van der Waals surface area contributed by atoms with Crippen LogP contribution >= 0.6 is 0 Å². The average molecular weight is 464 g/mol. The Morgan fingerprint density at radius 3 is 2.18 bits per heavy atom. The molecule has 0 bridgehead atoms. The maximum absolute atomic E-state index is 12.6. The summed E-state index contributed by atoms with van der Waals surface area (Å²) in [5, 5.41) is 3.12. The Balaban J connectivity index is 1.30.